The summed E-state index contributed by atoms with van der Waals surface area (Å²) in [6.45, 7) is 4.55. The molecule has 0 radical (unpaired) electrons. The lowest BCUT2D eigenvalue weighted by Gasteiger charge is -2.44. The summed E-state index contributed by atoms with van der Waals surface area (Å²) in [6.07, 6.45) is 6.51. The normalized spacial score (nSPS) is 35.9. The molecule has 3 fully saturated rings. The van der Waals surface area contributed by atoms with E-state index in [-0.39, 0.29) is 11.8 Å². The molecule has 0 aromatic heterocycles. The van der Waals surface area contributed by atoms with Crippen LogP contribution in [0, 0.1) is 17.8 Å². The summed E-state index contributed by atoms with van der Waals surface area (Å²) in [6, 6.07) is 0.315. The Morgan fingerprint density at radius 3 is 2.14 bits per heavy atom. The molecule has 0 aromatic carbocycles. The third-order valence-electron chi connectivity index (χ3n) is 6.02. The van der Waals surface area contributed by atoms with Crippen LogP contribution in [0.15, 0.2) is 0 Å². The maximum absolute atomic E-state index is 12.9. The Bertz CT molecular complexity index is 426. The van der Waals surface area contributed by atoms with E-state index >= 15 is 0 Å². The van der Waals surface area contributed by atoms with Gasteiger partial charge in [0.1, 0.15) is 0 Å². The van der Waals surface area contributed by atoms with Gasteiger partial charge in [0.05, 0.1) is 0 Å². The highest BCUT2D eigenvalue weighted by Gasteiger charge is 2.41. The van der Waals surface area contributed by atoms with E-state index in [0.29, 0.717) is 36.9 Å². The van der Waals surface area contributed by atoms with Gasteiger partial charge in [0.2, 0.25) is 11.8 Å². The molecule has 124 valence electrons. The molecule has 3 rings (SSSR count). The highest BCUT2D eigenvalue weighted by atomic mass is 16.2. The van der Waals surface area contributed by atoms with Gasteiger partial charge in [0, 0.05) is 45.1 Å². The number of rotatable bonds is 1. The predicted octanol–water partition coefficient (Wildman–Crippen LogP) is 1.22. The second-order valence-corrected chi connectivity index (χ2v) is 7.38. The molecular weight excluding hydrogens is 278 g/mol. The summed E-state index contributed by atoms with van der Waals surface area (Å²) < 4.78 is 0. The fourth-order valence-corrected chi connectivity index (χ4v) is 4.70. The van der Waals surface area contributed by atoms with Crippen molar-refractivity contribution in [1.82, 2.24) is 9.80 Å². The molecule has 0 spiro atoms. The molecule has 2 atom stereocenters. The third-order valence-corrected chi connectivity index (χ3v) is 6.02. The first-order valence-corrected chi connectivity index (χ1v) is 8.86. The summed E-state index contributed by atoms with van der Waals surface area (Å²) in [5.41, 5.74) is 6.33. The summed E-state index contributed by atoms with van der Waals surface area (Å²) >= 11 is 0. The summed E-state index contributed by atoms with van der Waals surface area (Å²) in [5, 5.41) is 0. The van der Waals surface area contributed by atoms with E-state index in [9.17, 15) is 9.59 Å². The van der Waals surface area contributed by atoms with Crippen molar-refractivity contribution < 1.29 is 9.59 Å². The lowest BCUT2D eigenvalue weighted by atomic mass is 9.65. The Kier molecular flexibility index (Phi) is 4.71. The van der Waals surface area contributed by atoms with E-state index in [1.165, 1.54) is 19.3 Å². The molecule has 3 aliphatic rings. The van der Waals surface area contributed by atoms with Crippen LogP contribution < -0.4 is 5.73 Å². The van der Waals surface area contributed by atoms with E-state index in [2.05, 4.69) is 0 Å². The quantitative estimate of drug-likeness (QED) is 0.792. The van der Waals surface area contributed by atoms with Crippen LogP contribution in [0.3, 0.4) is 0 Å². The minimum Gasteiger partial charge on any atom is -0.341 e. The van der Waals surface area contributed by atoms with Gasteiger partial charge in [-0.25, -0.2) is 0 Å². The monoisotopic (exact) mass is 307 g/mol. The number of amides is 2. The molecule has 1 saturated heterocycles. The van der Waals surface area contributed by atoms with Gasteiger partial charge in [-0.1, -0.05) is 6.42 Å². The standard InChI is InChI=1S/C17H29N3O2/c1-12(21)19-6-3-7-20(9-8-19)17(22)15-10-13-4-2-5-14(11-15)16(13)18/h13-16H,2-11,18H2,1H3. The Morgan fingerprint density at radius 2 is 1.50 bits per heavy atom. The number of hydrogen-bond acceptors (Lipinski definition) is 3. The molecule has 2 aliphatic carbocycles. The van der Waals surface area contributed by atoms with Gasteiger partial charge in [-0.3, -0.25) is 9.59 Å². The molecule has 2 saturated carbocycles. The van der Waals surface area contributed by atoms with Gasteiger partial charge < -0.3 is 15.5 Å². The van der Waals surface area contributed by atoms with E-state index < -0.39 is 0 Å². The molecule has 2 amide bonds. The van der Waals surface area contributed by atoms with Crippen molar-refractivity contribution in [2.75, 3.05) is 26.2 Å². The summed E-state index contributed by atoms with van der Waals surface area (Å²) in [4.78, 5) is 28.3. The SMILES string of the molecule is CC(=O)N1CCCN(C(=O)C2CC3CCCC(C2)C3N)CC1. The van der Waals surface area contributed by atoms with E-state index in [1.54, 1.807) is 6.92 Å². The number of fused-ring (bicyclic) bond motifs is 2. The van der Waals surface area contributed by atoms with E-state index in [0.717, 1.165) is 32.4 Å². The smallest absolute Gasteiger partial charge is 0.225 e. The van der Waals surface area contributed by atoms with Crippen molar-refractivity contribution in [3.63, 3.8) is 0 Å². The first-order valence-electron chi connectivity index (χ1n) is 8.86. The molecule has 1 heterocycles. The number of nitrogens with two attached hydrogens (primary N) is 1. The first kappa shape index (κ1) is 15.8. The van der Waals surface area contributed by atoms with Crippen LogP contribution in [-0.2, 0) is 9.59 Å². The fraction of sp³-hybridized carbons (Fsp3) is 0.882. The van der Waals surface area contributed by atoms with Crippen molar-refractivity contribution in [2.24, 2.45) is 23.5 Å². The van der Waals surface area contributed by atoms with Gasteiger partial charge in [-0.15, -0.1) is 0 Å². The van der Waals surface area contributed by atoms with Crippen molar-refractivity contribution in [3.8, 4) is 0 Å². The van der Waals surface area contributed by atoms with Gasteiger partial charge in [0.15, 0.2) is 0 Å². The zero-order chi connectivity index (χ0) is 15.7. The number of nitrogens with zero attached hydrogens (tertiary/aromatic N) is 2. The van der Waals surface area contributed by atoms with Crippen LogP contribution in [0.2, 0.25) is 0 Å². The fourth-order valence-electron chi connectivity index (χ4n) is 4.70. The highest BCUT2D eigenvalue weighted by Crippen LogP contribution is 2.42. The minimum absolute atomic E-state index is 0.118. The van der Waals surface area contributed by atoms with Crippen LogP contribution in [0.25, 0.3) is 0 Å². The van der Waals surface area contributed by atoms with Crippen molar-refractivity contribution >= 4 is 11.8 Å². The van der Waals surface area contributed by atoms with Crippen molar-refractivity contribution in [3.05, 3.63) is 0 Å². The van der Waals surface area contributed by atoms with Crippen LogP contribution in [0.4, 0.5) is 0 Å². The zero-order valence-corrected chi connectivity index (χ0v) is 13.7. The average Bonchev–Trinajstić information content (AvgIpc) is 2.72. The number of carbonyl (C=O) groups excluding carboxylic acids is 2. The zero-order valence-electron chi connectivity index (χ0n) is 13.7. The molecule has 5 heteroatoms. The molecule has 2 bridgehead atoms. The van der Waals surface area contributed by atoms with Crippen molar-refractivity contribution in [1.29, 1.82) is 0 Å². The summed E-state index contributed by atoms with van der Waals surface area (Å²) in [5.74, 6) is 1.69. The lowest BCUT2D eigenvalue weighted by Crippen LogP contribution is -2.50. The van der Waals surface area contributed by atoms with E-state index in [4.69, 9.17) is 5.73 Å². The number of carbonyl (C=O) groups is 2. The highest BCUT2D eigenvalue weighted by molar-refractivity contribution is 5.79. The summed E-state index contributed by atoms with van der Waals surface area (Å²) in [7, 11) is 0. The number of hydrogen-bond donors (Lipinski definition) is 1. The van der Waals surface area contributed by atoms with Crippen LogP contribution >= 0.6 is 0 Å². The molecular formula is C17H29N3O2. The van der Waals surface area contributed by atoms with Crippen LogP contribution in [0.1, 0.15) is 45.4 Å². The maximum atomic E-state index is 12.9. The molecule has 2 unspecified atom stereocenters. The van der Waals surface area contributed by atoms with Crippen LogP contribution in [-0.4, -0.2) is 53.8 Å². The Hall–Kier alpha value is -1.10. The van der Waals surface area contributed by atoms with Crippen LogP contribution in [0.5, 0.6) is 0 Å². The second-order valence-electron chi connectivity index (χ2n) is 7.38. The largest absolute Gasteiger partial charge is 0.341 e. The van der Waals surface area contributed by atoms with Crippen molar-refractivity contribution in [2.45, 2.75) is 51.5 Å². The topological polar surface area (TPSA) is 66.6 Å². The van der Waals surface area contributed by atoms with Gasteiger partial charge in [-0.2, -0.15) is 0 Å². The molecule has 22 heavy (non-hydrogen) atoms. The third kappa shape index (κ3) is 3.14. The van der Waals surface area contributed by atoms with Gasteiger partial charge in [0.25, 0.3) is 0 Å². The molecule has 0 aromatic rings. The predicted molar refractivity (Wildman–Crippen MR) is 85.0 cm³/mol. The Labute approximate surface area is 133 Å². The second kappa shape index (κ2) is 6.57. The lowest BCUT2D eigenvalue weighted by molar-refractivity contribution is -0.139. The average molecular weight is 307 g/mol. The Morgan fingerprint density at radius 1 is 0.909 bits per heavy atom. The minimum atomic E-state index is 0.118. The maximum Gasteiger partial charge on any atom is 0.225 e. The molecule has 5 nitrogen and oxygen atoms in total. The van der Waals surface area contributed by atoms with Gasteiger partial charge >= 0.3 is 0 Å². The first-order chi connectivity index (χ1) is 10.6. The molecule has 2 N–H and O–H groups in total. The van der Waals surface area contributed by atoms with E-state index in [1.807, 2.05) is 9.80 Å². The van der Waals surface area contributed by atoms with Gasteiger partial charge in [-0.05, 0) is 43.9 Å². The Balaban J connectivity index is 1.60. The molecule has 1 aliphatic heterocycles.